The van der Waals surface area contributed by atoms with E-state index >= 15 is 0 Å². The molecule has 3 nitrogen and oxygen atoms in total. The van der Waals surface area contributed by atoms with E-state index in [0.29, 0.717) is 12.1 Å². The molecular formula is C21H26ClN3. The number of aryl methyl sites for hydroxylation is 1. The van der Waals surface area contributed by atoms with E-state index in [0.717, 1.165) is 25.2 Å². The SMILES string of the molecule is Cl.NC1=N[C@H](c2ccccc2)C[C@H]2CC[C@H](CCc3ccccc3)N12. The van der Waals surface area contributed by atoms with E-state index in [1.165, 1.54) is 24.0 Å². The molecule has 4 heteroatoms. The van der Waals surface area contributed by atoms with Gasteiger partial charge in [-0.2, -0.15) is 0 Å². The zero-order valence-corrected chi connectivity index (χ0v) is 15.2. The number of halogens is 1. The van der Waals surface area contributed by atoms with Crippen molar-refractivity contribution in [3.8, 4) is 0 Å². The van der Waals surface area contributed by atoms with Crippen LogP contribution >= 0.6 is 12.4 Å². The van der Waals surface area contributed by atoms with Crippen molar-refractivity contribution in [3.63, 3.8) is 0 Å². The Labute approximate surface area is 156 Å². The van der Waals surface area contributed by atoms with E-state index < -0.39 is 0 Å². The van der Waals surface area contributed by atoms with Gasteiger partial charge in [-0.25, -0.2) is 4.99 Å². The number of guanidine groups is 1. The molecule has 2 aliphatic rings. The summed E-state index contributed by atoms with van der Waals surface area (Å²) in [5.74, 6) is 0.746. The zero-order valence-electron chi connectivity index (χ0n) is 14.4. The van der Waals surface area contributed by atoms with E-state index in [2.05, 4.69) is 65.6 Å². The lowest BCUT2D eigenvalue weighted by Gasteiger charge is -2.37. The Morgan fingerprint density at radius 3 is 2.36 bits per heavy atom. The predicted molar refractivity (Wildman–Crippen MR) is 106 cm³/mol. The topological polar surface area (TPSA) is 41.6 Å². The van der Waals surface area contributed by atoms with Gasteiger partial charge in [-0.05, 0) is 43.2 Å². The van der Waals surface area contributed by atoms with Crippen LogP contribution < -0.4 is 5.73 Å². The molecule has 25 heavy (non-hydrogen) atoms. The number of benzene rings is 2. The Kier molecular flexibility index (Phi) is 5.64. The van der Waals surface area contributed by atoms with Crippen molar-refractivity contribution in [2.45, 2.75) is 50.2 Å². The van der Waals surface area contributed by atoms with Gasteiger partial charge in [-0.1, -0.05) is 60.7 Å². The lowest BCUT2D eigenvalue weighted by atomic mass is 9.97. The third-order valence-electron chi connectivity index (χ3n) is 5.46. The Morgan fingerprint density at radius 2 is 1.64 bits per heavy atom. The molecular weight excluding hydrogens is 330 g/mol. The number of hydrogen-bond donors (Lipinski definition) is 1. The second kappa shape index (κ2) is 7.92. The number of rotatable bonds is 4. The van der Waals surface area contributed by atoms with Crippen LogP contribution in [-0.4, -0.2) is 22.9 Å². The molecule has 2 heterocycles. The fourth-order valence-electron chi connectivity index (χ4n) is 4.25. The number of nitrogens with zero attached hydrogens (tertiary/aromatic N) is 2. The summed E-state index contributed by atoms with van der Waals surface area (Å²) in [6, 6.07) is 22.6. The standard InChI is InChI=1S/C21H25N3.ClH/c22-21-23-20(17-9-5-2-6-10-17)15-19-14-13-18(24(19)21)12-11-16-7-3-1-4-8-16;/h1-10,18-20H,11-15H2,(H2,22,23);1H/t18-,19+,20-;/m0./s1. The third-order valence-corrected chi connectivity index (χ3v) is 5.46. The van der Waals surface area contributed by atoms with Gasteiger partial charge < -0.3 is 10.6 Å². The quantitative estimate of drug-likeness (QED) is 0.886. The fraction of sp³-hybridized carbons (Fsp3) is 0.381. The van der Waals surface area contributed by atoms with Gasteiger partial charge in [-0.15, -0.1) is 12.4 Å². The lowest BCUT2D eigenvalue weighted by Crippen LogP contribution is -2.48. The number of fused-ring (bicyclic) bond motifs is 1. The number of aliphatic imine (C=N–C) groups is 1. The highest BCUT2D eigenvalue weighted by Crippen LogP contribution is 2.37. The molecule has 0 radical (unpaired) electrons. The van der Waals surface area contributed by atoms with Crippen molar-refractivity contribution < 1.29 is 0 Å². The van der Waals surface area contributed by atoms with Crippen LogP contribution in [0.5, 0.6) is 0 Å². The van der Waals surface area contributed by atoms with Crippen molar-refractivity contribution in [3.05, 3.63) is 71.8 Å². The first-order chi connectivity index (χ1) is 11.8. The minimum atomic E-state index is 0. The minimum Gasteiger partial charge on any atom is -0.370 e. The molecule has 0 amide bonds. The maximum atomic E-state index is 6.38. The average Bonchev–Trinajstić information content (AvgIpc) is 3.05. The Hall–Kier alpha value is -2.00. The smallest absolute Gasteiger partial charge is 0.192 e. The first kappa shape index (κ1) is 17.8. The first-order valence-electron chi connectivity index (χ1n) is 9.02. The maximum Gasteiger partial charge on any atom is 0.192 e. The summed E-state index contributed by atoms with van der Waals surface area (Å²) in [5.41, 5.74) is 9.08. The summed E-state index contributed by atoms with van der Waals surface area (Å²) >= 11 is 0. The summed E-state index contributed by atoms with van der Waals surface area (Å²) in [6.07, 6.45) is 5.83. The van der Waals surface area contributed by atoms with Crippen LogP contribution in [0.4, 0.5) is 0 Å². The normalized spacial score (nSPS) is 25.0. The Bertz CT molecular complexity index is 702. The molecule has 2 N–H and O–H groups in total. The molecule has 0 saturated carbocycles. The molecule has 0 spiro atoms. The molecule has 1 fully saturated rings. The number of nitrogens with two attached hydrogens (primary N) is 1. The fourth-order valence-corrected chi connectivity index (χ4v) is 4.25. The largest absolute Gasteiger partial charge is 0.370 e. The van der Waals surface area contributed by atoms with Crippen LogP contribution in [0.25, 0.3) is 0 Å². The van der Waals surface area contributed by atoms with Crippen LogP contribution in [0.2, 0.25) is 0 Å². The maximum absolute atomic E-state index is 6.38. The van der Waals surface area contributed by atoms with E-state index in [9.17, 15) is 0 Å². The van der Waals surface area contributed by atoms with Crippen molar-refractivity contribution in [2.75, 3.05) is 0 Å². The summed E-state index contributed by atoms with van der Waals surface area (Å²) in [7, 11) is 0. The van der Waals surface area contributed by atoms with Crippen molar-refractivity contribution in [2.24, 2.45) is 10.7 Å². The summed E-state index contributed by atoms with van der Waals surface area (Å²) < 4.78 is 0. The molecule has 0 bridgehead atoms. The first-order valence-corrected chi connectivity index (χ1v) is 9.02. The second-order valence-corrected chi connectivity index (χ2v) is 6.97. The molecule has 0 aromatic heterocycles. The van der Waals surface area contributed by atoms with Crippen LogP contribution in [0.3, 0.4) is 0 Å². The summed E-state index contributed by atoms with van der Waals surface area (Å²) in [6.45, 7) is 0. The van der Waals surface area contributed by atoms with Gasteiger partial charge in [0.25, 0.3) is 0 Å². The Balaban J connectivity index is 0.00000182. The summed E-state index contributed by atoms with van der Waals surface area (Å²) in [5, 5.41) is 0. The Morgan fingerprint density at radius 1 is 0.960 bits per heavy atom. The minimum absolute atomic E-state index is 0. The van der Waals surface area contributed by atoms with Crippen LogP contribution in [-0.2, 0) is 6.42 Å². The summed E-state index contributed by atoms with van der Waals surface area (Å²) in [4.78, 5) is 7.23. The van der Waals surface area contributed by atoms with Crippen LogP contribution in [0.15, 0.2) is 65.7 Å². The molecule has 1 saturated heterocycles. The molecule has 4 rings (SSSR count). The van der Waals surface area contributed by atoms with E-state index in [4.69, 9.17) is 10.7 Å². The van der Waals surface area contributed by atoms with Crippen molar-refractivity contribution >= 4 is 18.4 Å². The number of hydrogen-bond acceptors (Lipinski definition) is 3. The third kappa shape index (κ3) is 3.82. The van der Waals surface area contributed by atoms with Crippen molar-refractivity contribution in [1.82, 2.24) is 4.90 Å². The average molecular weight is 356 g/mol. The molecule has 0 aliphatic carbocycles. The molecule has 3 atom stereocenters. The molecule has 0 unspecified atom stereocenters. The van der Waals surface area contributed by atoms with Crippen molar-refractivity contribution in [1.29, 1.82) is 0 Å². The van der Waals surface area contributed by atoms with E-state index in [1.54, 1.807) is 0 Å². The molecule has 2 aromatic rings. The second-order valence-electron chi connectivity index (χ2n) is 6.97. The highest BCUT2D eigenvalue weighted by molar-refractivity contribution is 5.85. The van der Waals surface area contributed by atoms with Gasteiger partial charge >= 0.3 is 0 Å². The highest BCUT2D eigenvalue weighted by atomic mass is 35.5. The molecule has 2 aromatic carbocycles. The van der Waals surface area contributed by atoms with Gasteiger partial charge in [0.15, 0.2) is 5.96 Å². The van der Waals surface area contributed by atoms with Gasteiger partial charge in [0, 0.05) is 12.1 Å². The molecule has 2 aliphatic heterocycles. The van der Waals surface area contributed by atoms with Gasteiger partial charge in [0.2, 0.25) is 0 Å². The van der Waals surface area contributed by atoms with Gasteiger partial charge in [-0.3, -0.25) is 0 Å². The highest BCUT2D eigenvalue weighted by Gasteiger charge is 2.39. The van der Waals surface area contributed by atoms with Gasteiger partial charge in [0.1, 0.15) is 0 Å². The van der Waals surface area contributed by atoms with Crippen LogP contribution in [0, 0.1) is 0 Å². The molecule has 132 valence electrons. The monoisotopic (exact) mass is 355 g/mol. The zero-order chi connectivity index (χ0) is 16.4. The van der Waals surface area contributed by atoms with E-state index in [1.807, 2.05) is 0 Å². The van der Waals surface area contributed by atoms with Crippen LogP contribution in [0.1, 0.15) is 42.9 Å². The lowest BCUT2D eigenvalue weighted by molar-refractivity contribution is 0.256. The predicted octanol–water partition coefficient (Wildman–Crippen LogP) is 4.33. The van der Waals surface area contributed by atoms with E-state index in [-0.39, 0.29) is 18.4 Å². The van der Waals surface area contributed by atoms with Gasteiger partial charge in [0.05, 0.1) is 6.04 Å².